The predicted molar refractivity (Wildman–Crippen MR) is 62.2 cm³/mol. The fourth-order valence-electron chi connectivity index (χ4n) is 2.99. The van der Waals surface area contributed by atoms with E-state index in [2.05, 4.69) is 24.1 Å². The number of rotatable bonds is 1. The van der Waals surface area contributed by atoms with Gasteiger partial charge in [-0.05, 0) is 19.9 Å². The zero-order chi connectivity index (χ0) is 12.0. The summed E-state index contributed by atoms with van der Waals surface area (Å²) in [5.74, 6) is 1.07. The molecule has 0 radical (unpaired) electrons. The molecule has 1 aliphatic carbocycles. The largest absolute Gasteiger partial charge is 0.495 e. The first-order valence-electron chi connectivity index (χ1n) is 5.87. The summed E-state index contributed by atoms with van der Waals surface area (Å²) >= 11 is 0. The molecule has 2 heterocycles. The maximum absolute atomic E-state index is 9.11. The monoisotopic (exact) mass is 230 g/mol. The third-order valence-electron chi connectivity index (χ3n) is 3.86. The van der Waals surface area contributed by atoms with E-state index in [1.165, 1.54) is 0 Å². The summed E-state index contributed by atoms with van der Waals surface area (Å²) in [5.41, 5.74) is 0.270. The Morgan fingerprint density at radius 2 is 2.47 bits per heavy atom. The molecule has 0 spiro atoms. The Hall–Kier alpha value is -1.76. The van der Waals surface area contributed by atoms with Crippen molar-refractivity contribution in [1.82, 2.24) is 0 Å². The molecule has 0 saturated heterocycles. The number of nitriles is 1. The van der Waals surface area contributed by atoms with Gasteiger partial charge in [-0.3, -0.25) is 0 Å². The van der Waals surface area contributed by atoms with E-state index in [1.54, 1.807) is 6.26 Å². The number of dihydropyridines is 1. The molecule has 0 aromatic heterocycles. The molecule has 1 saturated carbocycles. The second kappa shape index (κ2) is 3.36. The molecule has 88 valence electrons. The van der Waals surface area contributed by atoms with Crippen molar-refractivity contribution in [3.8, 4) is 6.07 Å². The number of fused-ring (bicyclic) bond motifs is 4. The molecule has 0 aromatic rings. The van der Waals surface area contributed by atoms with Crippen LogP contribution in [0.25, 0.3) is 0 Å². The van der Waals surface area contributed by atoms with E-state index < -0.39 is 0 Å². The van der Waals surface area contributed by atoms with Crippen LogP contribution < -0.4 is 0 Å². The van der Waals surface area contributed by atoms with Gasteiger partial charge in [0.1, 0.15) is 23.3 Å². The Morgan fingerprint density at radius 1 is 1.65 bits per heavy atom. The molecule has 2 aliphatic heterocycles. The Labute approximate surface area is 100 Å². The third kappa shape index (κ3) is 1.20. The van der Waals surface area contributed by atoms with Crippen LogP contribution in [0.1, 0.15) is 13.8 Å². The molecule has 17 heavy (non-hydrogen) atoms. The highest BCUT2D eigenvalue weighted by Gasteiger charge is 2.62. The summed E-state index contributed by atoms with van der Waals surface area (Å²) in [6.45, 7) is 4.48. The van der Waals surface area contributed by atoms with Crippen molar-refractivity contribution in [2.75, 3.05) is 6.61 Å². The first kappa shape index (κ1) is 10.4. The van der Waals surface area contributed by atoms with Gasteiger partial charge in [-0.1, -0.05) is 6.08 Å². The Balaban J connectivity index is 1.97. The van der Waals surface area contributed by atoms with E-state index >= 15 is 0 Å². The quantitative estimate of drug-likeness (QED) is 0.690. The van der Waals surface area contributed by atoms with Gasteiger partial charge >= 0.3 is 0 Å². The van der Waals surface area contributed by atoms with Crippen molar-refractivity contribution < 1.29 is 9.47 Å². The lowest BCUT2D eigenvalue weighted by molar-refractivity contribution is -0.0567. The molecule has 3 aliphatic rings. The molecule has 0 amide bonds. The van der Waals surface area contributed by atoms with Crippen LogP contribution in [0.2, 0.25) is 0 Å². The Bertz CT molecular complexity index is 486. The van der Waals surface area contributed by atoms with E-state index in [0.717, 1.165) is 0 Å². The second-order valence-corrected chi connectivity index (χ2v) is 4.76. The van der Waals surface area contributed by atoms with Gasteiger partial charge in [-0.2, -0.15) is 5.26 Å². The highest BCUT2D eigenvalue weighted by Crippen LogP contribution is 2.54. The minimum Gasteiger partial charge on any atom is -0.495 e. The van der Waals surface area contributed by atoms with Gasteiger partial charge in [0.15, 0.2) is 0 Å². The zero-order valence-corrected chi connectivity index (χ0v) is 9.88. The number of ether oxygens (including phenoxy) is 2. The lowest BCUT2D eigenvalue weighted by atomic mass is 9.57. The summed E-state index contributed by atoms with van der Waals surface area (Å²) in [5, 5.41) is 9.11. The van der Waals surface area contributed by atoms with Crippen LogP contribution in [-0.2, 0) is 9.47 Å². The molecule has 4 nitrogen and oxygen atoms in total. The number of nitrogens with zero attached hydrogens (tertiary/aromatic N) is 2. The summed E-state index contributed by atoms with van der Waals surface area (Å²) in [6.07, 6.45) is 5.89. The van der Waals surface area contributed by atoms with Crippen LogP contribution in [-0.4, -0.2) is 24.1 Å². The van der Waals surface area contributed by atoms with Crippen molar-refractivity contribution in [2.24, 2.45) is 16.8 Å². The van der Waals surface area contributed by atoms with E-state index in [-0.39, 0.29) is 17.6 Å². The normalized spacial score (nSPS) is 41.1. The number of hydrogen-bond acceptors (Lipinski definition) is 4. The second-order valence-electron chi connectivity index (χ2n) is 4.76. The smallest absolute Gasteiger partial charge is 0.227 e. The van der Waals surface area contributed by atoms with E-state index in [4.69, 9.17) is 14.7 Å². The van der Waals surface area contributed by atoms with Gasteiger partial charge in [0, 0.05) is 11.8 Å². The minimum absolute atomic E-state index is 0.0967. The summed E-state index contributed by atoms with van der Waals surface area (Å²) < 4.78 is 11.0. The highest BCUT2D eigenvalue weighted by atomic mass is 16.5. The third-order valence-corrected chi connectivity index (χ3v) is 3.86. The predicted octanol–water partition coefficient (Wildman–Crippen LogP) is 1.80. The van der Waals surface area contributed by atoms with Crippen molar-refractivity contribution in [2.45, 2.75) is 25.5 Å². The molecule has 0 N–H and O–H groups in total. The molecule has 4 unspecified atom stereocenters. The highest BCUT2D eigenvalue weighted by molar-refractivity contribution is 5.98. The maximum atomic E-state index is 9.11. The van der Waals surface area contributed by atoms with Gasteiger partial charge in [-0.15, -0.1) is 0 Å². The van der Waals surface area contributed by atoms with Gasteiger partial charge in [0.05, 0.1) is 12.9 Å². The summed E-state index contributed by atoms with van der Waals surface area (Å²) in [4.78, 5) is 4.61. The van der Waals surface area contributed by atoms with Crippen molar-refractivity contribution in [3.05, 3.63) is 24.0 Å². The molecule has 3 rings (SSSR count). The average molecular weight is 230 g/mol. The van der Waals surface area contributed by atoms with Crippen molar-refractivity contribution in [1.29, 1.82) is 5.26 Å². The average Bonchev–Trinajstić information content (AvgIpc) is 2.75. The van der Waals surface area contributed by atoms with Crippen LogP contribution in [0.5, 0.6) is 0 Å². The fourth-order valence-corrected chi connectivity index (χ4v) is 2.99. The minimum atomic E-state index is -0.279. The fraction of sp³-hybridized carbons (Fsp3) is 0.538. The van der Waals surface area contributed by atoms with E-state index in [9.17, 15) is 0 Å². The standard InChI is InChI=1S/C13H14N2O2/c1-3-16-12-8(7-14)6-10-9-4-5-17-11(9)13(10,2)15-12/h4-6,9-11H,3H2,1-2H3. The van der Waals surface area contributed by atoms with Crippen LogP contribution in [0.4, 0.5) is 0 Å². The molecule has 4 atom stereocenters. The topological polar surface area (TPSA) is 54.6 Å². The van der Waals surface area contributed by atoms with Crippen molar-refractivity contribution >= 4 is 5.90 Å². The Kier molecular flexibility index (Phi) is 2.06. The first-order chi connectivity index (χ1) is 8.20. The SMILES string of the molecule is CCOC1=NC2(C)C(C=C1C#N)C1C=COC12. The van der Waals surface area contributed by atoms with Crippen LogP contribution >= 0.6 is 0 Å². The van der Waals surface area contributed by atoms with Crippen LogP contribution in [0, 0.1) is 23.2 Å². The lowest BCUT2D eigenvalue weighted by Gasteiger charge is -2.53. The molecular weight excluding hydrogens is 216 g/mol. The van der Waals surface area contributed by atoms with Gasteiger partial charge < -0.3 is 9.47 Å². The Morgan fingerprint density at radius 3 is 3.18 bits per heavy atom. The first-order valence-corrected chi connectivity index (χ1v) is 5.87. The van der Waals surface area contributed by atoms with Crippen molar-refractivity contribution in [3.63, 3.8) is 0 Å². The molecule has 4 heteroatoms. The van der Waals surface area contributed by atoms with Gasteiger partial charge in [-0.25, -0.2) is 4.99 Å². The van der Waals surface area contributed by atoms with E-state index in [1.807, 2.05) is 13.0 Å². The van der Waals surface area contributed by atoms with Crippen LogP contribution in [0.3, 0.4) is 0 Å². The van der Waals surface area contributed by atoms with E-state index in [0.29, 0.717) is 24.0 Å². The molecule has 0 aromatic carbocycles. The van der Waals surface area contributed by atoms with Gasteiger partial charge in [0.25, 0.3) is 0 Å². The molecular formula is C13H14N2O2. The summed E-state index contributed by atoms with van der Waals surface area (Å²) in [6, 6.07) is 2.16. The molecule has 1 fully saturated rings. The number of hydrogen-bond donors (Lipinski definition) is 0. The number of aliphatic imine (C=N–C) groups is 1. The van der Waals surface area contributed by atoms with Gasteiger partial charge in [0.2, 0.25) is 5.90 Å². The summed E-state index contributed by atoms with van der Waals surface area (Å²) in [7, 11) is 0. The maximum Gasteiger partial charge on any atom is 0.227 e. The lowest BCUT2D eigenvalue weighted by Crippen LogP contribution is -2.63. The van der Waals surface area contributed by atoms with Crippen LogP contribution in [0.15, 0.2) is 29.0 Å². The molecule has 0 bridgehead atoms. The zero-order valence-electron chi connectivity index (χ0n) is 9.88.